The molecule has 18 heavy (non-hydrogen) atoms. The summed E-state index contributed by atoms with van der Waals surface area (Å²) >= 11 is 3.06. The molecule has 0 unspecified atom stereocenters. The number of benzene rings is 1. The summed E-state index contributed by atoms with van der Waals surface area (Å²) in [5.41, 5.74) is 4.60. The van der Waals surface area contributed by atoms with E-state index in [4.69, 9.17) is 5.73 Å². The monoisotopic (exact) mass is 360 g/mol. The molecule has 0 aromatic heterocycles. The average Bonchev–Trinajstić information content (AvgIpc) is 2.15. The number of halogens is 3. The predicted molar refractivity (Wildman–Crippen MR) is 74.8 cm³/mol. The lowest BCUT2D eigenvalue weighted by molar-refractivity contribution is 0.459. The molecule has 1 aromatic carbocycles. The maximum Gasteiger partial charge on any atom is 0.244 e. The largest absolute Gasteiger partial charge is 0.329 e. The first kappa shape index (κ1) is 17.8. The molecule has 3 N–H and O–H groups in total. The van der Waals surface area contributed by atoms with Crippen molar-refractivity contribution in [2.45, 2.75) is 24.3 Å². The zero-order valence-electron chi connectivity index (χ0n) is 9.91. The average molecular weight is 362 g/mol. The minimum atomic E-state index is -3.90. The molecule has 4 nitrogen and oxygen atoms in total. The van der Waals surface area contributed by atoms with E-state index in [1.165, 1.54) is 12.1 Å². The third kappa shape index (κ3) is 4.47. The zero-order valence-corrected chi connectivity index (χ0v) is 13.1. The molecular formula is C10H15BrClFN2O2S. The Bertz CT molecular complexity index is 523. The van der Waals surface area contributed by atoms with Crippen molar-refractivity contribution in [2.24, 2.45) is 5.73 Å². The molecule has 1 rings (SSSR count). The molecule has 0 atom stereocenters. The van der Waals surface area contributed by atoms with Crippen LogP contribution in [-0.2, 0) is 10.0 Å². The van der Waals surface area contributed by atoms with Crippen LogP contribution in [0.15, 0.2) is 27.6 Å². The summed E-state index contributed by atoms with van der Waals surface area (Å²) in [6.45, 7) is 3.37. The van der Waals surface area contributed by atoms with Gasteiger partial charge in [0.15, 0.2) is 0 Å². The second kappa shape index (κ2) is 6.29. The Morgan fingerprint density at radius 2 is 2.00 bits per heavy atom. The zero-order chi connectivity index (χ0) is 13.3. The van der Waals surface area contributed by atoms with Crippen molar-refractivity contribution in [1.82, 2.24) is 4.72 Å². The van der Waals surface area contributed by atoms with Gasteiger partial charge in [0.05, 0.1) is 0 Å². The van der Waals surface area contributed by atoms with Gasteiger partial charge in [-0.25, -0.2) is 17.5 Å². The molecule has 0 aliphatic heterocycles. The number of nitrogens with two attached hydrogens (primary N) is 1. The third-order valence-corrected chi connectivity index (χ3v) is 4.33. The standard InChI is InChI=1S/C10H14BrFN2O2S.ClH/c1-10(2,6-13)14-17(15,16)9-4-3-7(11)5-8(9)12;/h3-5,14H,6,13H2,1-2H3;1H. The molecule has 8 heteroatoms. The van der Waals surface area contributed by atoms with Gasteiger partial charge in [-0.15, -0.1) is 12.4 Å². The topological polar surface area (TPSA) is 72.2 Å². The van der Waals surface area contributed by atoms with E-state index in [0.717, 1.165) is 6.07 Å². The molecule has 1 aromatic rings. The Hall–Kier alpha value is -0.210. The van der Waals surface area contributed by atoms with Crippen molar-refractivity contribution in [3.8, 4) is 0 Å². The highest BCUT2D eigenvalue weighted by atomic mass is 79.9. The molecular weight excluding hydrogens is 347 g/mol. The van der Waals surface area contributed by atoms with Crippen LogP contribution in [0.25, 0.3) is 0 Å². The summed E-state index contributed by atoms with van der Waals surface area (Å²) in [5.74, 6) is -0.806. The lowest BCUT2D eigenvalue weighted by atomic mass is 10.1. The summed E-state index contributed by atoms with van der Waals surface area (Å²) < 4.78 is 40.2. The van der Waals surface area contributed by atoms with Gasteiger partial charge in [0.1, 0.15) is 10.7 Å². The summed E-state index contributed by atoms with van der Waals surface area (Å²) in [7, 11) is -3.90. The fourth-order valence-electron chi connectivity index (χ4n) is 1.15. The molecule has 0 aliphatic carbocycles. The van der Waals surface area contributed by atoms with Crippen LogP contribution in [0, 0.1) is 5.82 Å². The van der Waals surface area contributed by atoms with Crippen molar-refractivity contribution in [2.75, 3.05) is 6.54 Å². The normalized spacial score (nSPS) is 12.1. The summed E-state index contributed by atoms with van der Waals surface area (Å²) in [6, 6.07) is 3.77. The molecule has 0 radical (unpaired) electrons. The number of hydrogen-bond acceptors (Lipinski definition) is 3. The number of nitrogens with one attached hydrogen (secondary N) is 1. The smallest absolute Gasteiger partial charge is 0.244 e. The Morgan fingerprint density at radius 3 is 2.44 bits per heavy atom. The highest BCUT2D eigenvalue weighted by molar-refractivity contribution is 9.10. The van der Waals surface area contributed by atoms with Crippen LogP contribution in [0.1, 0.15) is 13.8 Å². The van der Waals surface area contributed by atoms with E-state index in [1.807, 2.05) is 0 Å². The van der Waals surface area contributed by atoms with Gasteiger partial charge in [-0.1, -0.05) is 15.9 Å². The molecule has 0 spiro atoms. The van der Waals surface area contributed by atoms with Crippen molar-refractivity contribution >= 4 is 38.4 Å². The van der Waals surface area contributed by atoms with E-state index in [9.17, 15) is 12.8 Å². The Labute approximate surface area is 121 Å². The van der Waals surface area contributed by atoms with Crippen LogP contribution in [0.4, 0.5) is 4.39 Å². The van der Waals surface area contributed by atoms with Gasteiger partial charge in [0.2, 0.25) is 10.0 Å². The minimum Gasteiger partial charge on any atom is -0.329 e. The summed E-state index contributed by atoms with van der Waals surface area (Å²) in [5, 5.41) is 0. The second-order valence-electron chi connectivity index (χ2n) is 4.27. The Balaban J connectivity index is 0.00000289. The quantitative estimate of drug-likeness (QED) is 0.862. The molecule has 0 saturated heterocycles. The van der Waals surface area contributed by atoms with Gasteiger partial charge in [-0.2, -0.15) is 0 Å². The van der Waals surface area contributed by atoms with Gasteiger partial charge in [0.25, 0.3) is 0 Å². The number of sulfonamides is 1. The molecule has 104 valence electrons. The predicted octanol–water partition coefficient (Wildman–Crippen LogP) is 2.03. The van der Waals surface area contributed by atoms with E-state index in [2.05, 4.69) is 20.7 Å². The van der Waals surface area contributed by atoms with E-state index in [0.29, 0.717) is 4.47 Å². The highest BCUT2D eigenvalue weighted by Crippen LogP contribution is 2.20. The van der Waals surface area contributed by atoms with Gasteiger partial charge in [-0.3, -0.25) is 0 Å². The number of rotatable bonds is 4. The van der Waals surface area contributed by atoms with Crippen LogP contribution in [-0.4, -0.2) is 20.5 Å². The molecule has 0 saturated carbocycles. The molecule has 0 aliphatic rings. The Morgan fingerprint density at radius 1 is 1.44 bits per heavy atom. The fraction of sp³-hybridized carbons (Fsp3) is 0.400. The third-order valence-electron chi connectivity index (χ3n) is 2.10. The first-order valence-electron chi connectivity index (χ1n) is 4.87. The van der Waals surface area contributed by atoms with Crippen molar-refractivity contribution in [1.29, 1.82) is 0 Å². The van der Waals surface area contributed by atoms with Crippen LogP contribution in [0.2, 0.25) is 0 Å². The molecule has 0 bridgehead atoms. The van der Waals surface area contributed by atoms with Gasteiger partial charge >= 0.3 is 0 Å². The maximum absolute atomic E-state index is 13.5. The number of hydrogen-bond donors (Lipinski definition) is 2. The molecule has 0 fully saturated rings. The fourth-order valence-corrected chi connectivity index (χ4v) is 2.97. The van der Waals surface area contributed by atoms with E-state index < -0.39 is 21.4 Å². The molecule has 0 amide bonds. The van der Waals surface area contributed by atoms with Crippen LogP contribution in [0.3, 0.4) is 0 Å². The van der Waals surface area contributed by atoms with Crippen molar-refractivity contribution in [3.63, 3.8) is 0 Å². The first-order valence-corrected chi connectivity index (χ1v) is 7.15. The van der Waals surface area contributed by atoms with E-state index in [1.54, 1.807) is 13.8 Å². The van der Waals surface area contributed by atoms with Crippen molar-refractivity contribution < 1.29 is 12.8 Å². The summed E-state index contributed by atoms with van der Waals surface area (Å²) in [4.78, 5) is -0.387. The highest BCUT2D eigenvalue weighted by Gasteiger charge is 2.27. The van der Waals surface area contributed by atoms with Crippen LogP contribution >= 0.6 is 28.3 Å². The summed E-state index contributed by atoms with van der Waals surface area (Å²) in [6.07, 6.45) is 0. The van der Waals surface area contributed by atoms with Gasteiger partial charge in [-0.05, 0) is 32.0 Å². The first-order chi connectivity index (χ1) is 7.68. The molecule has 0 heterocycles. The minimum absolute atomic E-state index is 0. The van der Waals surface area contributed by atoms with E-state index >= 15 is 0 Å². The SMILES string of the molecule is CC(C)(CN)NS(=O)(=O)c1ccc(Br)cc1F.Cl. The van der Waals surface area contributed by atoms with Crippen LogP contribution in [0.5, 0.6) is 0 Å². The lowest BCUT2D eigenvalue weighted by Gasteiger charge is -2.23. The maximum atomic E-state index is 13.5. The van der Waals surface area contributed by atoms with Crippen molar-refractivity contribution in [3.05, 3.63) is 28.5 Å². The Kier molecular flexibility index (Phi) is 6.22. The second-order valence-corrected chi connectivity index (χ2v) is 6.83. The lowest BCUT2D eigenvalue weighted by Crippen LogP contribution is -2.48. The van der Waals surface area contributed by atoms with Crippen LogP contribution < -0.4 is 10.5 Å². The van der Waals surface area contributed by atoms with E-state index in [-0.39, 0.29) is 23.8 Å². The van der Waals surface area contributed by atoms with Gasteiger partial charge in [0, 0.05) is 16.6 Å². The van der Waals surface area contributed by atoms with Gasteiger partial charge < -0.3 is 5.73 Å².